The van der Waals surface area contributed by atoms with Crippen molar-refractivity contribution >= 4 is 5.97 Å². The Kier molecular flexibility index (Phi) is 5.42. The zero-order chi connectivity index (χ0) is 14.4. The smallest absolute Gasteiger partial charge is 0.341 e. The van der Waals surface area contributed by atoms with E-state index >= 15 is 0 Å². The lowest BCUT2D eigenvalue weighted by Crippen LogP contribution is -2.07. The minimum Gasteiger partial charge on any atom is -0.496 e. The SMILES string of the molecule is C=C(C)CCc1c(OC)ccc(C(=O)OC)c1OC. The maximum atomic E-state index is 11.7. The summed E-state index contributed by atoms with van der Waals surface area (Å²) in [6.07, 6.45) is 1.50. The van der Waals surface area contributed by atoms with E-state index in [1.54, 1.807) is 19.2 Å². The summed E-state index contributed by atoms with van der Waals surface area (Å²) in [4.78, 5) is 11.7. The molecule has 1 aromatic carbocycles. The number of hydrogen-bond donors (Lipinski definition) is 0. The lowest BCUT2D eigenvalue weighted by atomic mass is 10.0. The second-order valence-corrected chi connectivity index (χ2v) is 4.28. The monoisotopic (exact) mass is 264 g/mol. The normalized spacial score (nSPS) is 9.89. The maximum absolute atomic E-state index is 11.7. The number of carbonyl (C=O) groups excluding carboxylic acids is 1. The third-order valence-electron chi connectivity index (χ3n) is 2.85. The molecule has 0 aromatic heterocycles. The fraction of sp³-hybridized carbons (Fsp3) is 0.400. The van der Waals surface area contributed by atoms with Crippen LogP contribution in [0.15, 0.2) is 24.3 Å². The van der Waals surface area contributed by atoms with Crippen LogP contribution in [0, 0.1) is 0 Å². The van der Waals surface area contributed by atoms with E-state index in [2.05, 4.69) is 6.58 Å². The van der Waals surface area contributed by atoms with Gasteiger partial charge in [0.05, 0.1) is 21.3 Å². The molecule has 104 valence electrons. The highest BCUT2D eigenvalue weighted by Crippen LogP contribution is 2.34. The van der Waals surface area contributed by atoms with Crippen LogP contribution in [-0.4, -0.2) is 27.3 Å². The number of carbonyl (C=O) groups is 1. The highest BCUT2D eigenvalue weighted by Gasteiger charge is 2.19. The molecular formula is C15H20O4. The molecule has 1 rings (SSSR count). The quantitative estimate of drug-likeness (QED) is 0.585. The van der Waals surface area contributed by atoms with Crippen LogP contribution < -0.4 is 9.47 Å². The van der Waals surface area contributed by atoms with Crippen molar-refractivity contribution in [3.8, 4) is 11.5 Å². The summed E-state index contributed by atoms with van der Waals surface area (Å²) in [5.41, 5.74) is 2.32. The second kappa shape index (κ2) is 6.83. The van der Waals surface area contributed by atoms with Crippen LogP contribution in [0.3, 0.4) is 0 Å². The van der Waals surface area contributed by atoms with Gasteiger partial charge in [-0.1, -0.05) is 5.57 Å². The minimum atomic E-state index is -0.420. The van der Waals surface area contributed by atoms with Gasteiger partial charge in [-0.05, 0) is 31.9 Å². The Labute approximate surface area is 114 Å². The predicted octanol–water partition coefficient (Wildman–Crippen LogP) is 3.00. The topological polar surface area (TPSA) is 44.8 Å². The van der Waals surface area contributed by atoms with Crippen molar-refractivity contribution in [1.82, 2.24) is 0 Å². The fourth-order valence-electron chi connectivity index (χ4n) is 1.88. The third-order valence-corrected chi connectivity index (χ3v) is 2.85. The molecule has 0 N–H and O–H groups in total. The minimum absolute atomic E-state index is 0.405. The average Bonchev–Trinajstić information content (AvgIpc) is 2.42. The van der Waals surface area contributed by atoms with E-state index < -0.39 is 5.97 Å². The molecule has 0 saturated carbocycles. The number of allylic oxidation sites excluding steroid dienone is 1. The Bertz CT molecular complexity index is 477. The molecule has 19 heavy (non-hydrogen) atoms. The van der Waals surface area contributed by atoms with Gasteiger partial charge in [-0.15, -0.1) is 6.58 Å². The summed E-state index contributed by atoms with van der Waals surface area (Å²) in [5.74, 6) is 0.786. The Morgan fingerprint density at radius 3 is 2.37 bits per heavy atom. The Hall–Kier alpha value is -1.97. The van der Waals surface area contributed by atoms with Crippen molar-refractivity contribution in [2.75, 3.05) is 21.3 Å². The van der Waals surface area contributed by atoms with E-state index in [0.29, 0.717) is 23.5 Å². The zero-order valence-electron chi connectivity index (χ0n) is 11.9. The van der Waals surface area contributed by atoms with Crippen LogP contribution in [0.5, 0.6) is 11.5 Å². The Balaban J connectivity index is 3.28. The van der Waals surface area contributed by atoms with Crippen molar-refractivity contribution in [2.45, 2.75) is 19.8 Å². The summed E-state index contributed by atoms with van der Waals surface area (Å²) in [6, 6.07) is 3.40. The molecule has 0 aliphatic rings. The van der Waals surface area contributed by atoms with E-state index in [1.165, 1.54) is 14.2 Å². The Morgan fingerprint density at radius 2 is 1.89 bits per heavy atom. The number of methoxy groups -OCH3 is 3. The van der Waals surface area contributed by atoms with Crippen molar-refractivity contribution in [3.05, 3.63) is 35.4 Å². The van der Waals surface area contributed by atoms with E-state index in [0.717, 1.165) is 17.6 Å². The number of benzene rings is 1. The molecule has 0 bridgehead atoms. The summed E-state index contributed by atoms with van der Waals surface area (Å²) in [7, 11) is 4.47. The molecule has 0 radical (unpaired) electrons. The van der Waals surface area contributed by atoms with Gasteiger partial charge in [0.15, 0.2) is 0 Å². The maximum Gasteiger partial charge on any atom is 0.341 e. The van der Waals surface area contributed by atoms with Crippen molar-refractivity contribution in [2.24, 2.45) is 0 Å². The zero-order valence-corrected chi connectivity index (χ0v) is 11.9. The Morgan fingerprint density at radius 1 is 1.21 bits per heavy atom. The van der Waals surface area contributed by atoms with E-state index in [4.69, 9.17) is 14.2 Å². The molecule has 0 spiro atoms. The number of ether oxygens (including phenoxy) is 3. The van der Waals surface area contributed by atoms with Gasteiger partial charge >= 0.3 is 5.97 Å². The largest absolute Gasteiger partial charge is 0.496 e. The number of rotatable bonds is 6. The summed E-state index contributed by atoms with van der Waals surface area (Å²) in [5, 5.41) is 0. The molecule has 0 amide bonds. The van der Waals surface area contributed by atoms with Crippen LogP contribution in [0.2, 0.25) is 0 Å². The van der Waals surface area contributed by atoms with Gasteiger partial charge < -0.3 is 14.2 Å². The summed E-state index contributed by atoms with van der Waals surface area (Å²) in [6.45, 7) is 5.84. The second-order valence-electron chi connectivity index (χ2n) is 4.28. The number of hydrogen-bond acceptors (Lipinski definition) is 4. The first-order valence-electron chi connectivity index (χ1n) is 6.01. The van der Waals surface area contributed by atoms with E-state index in [1.807, 2.05) is 6.92 Å². The first kappa shape index (κ1) is 15.1. The van der Waals surface area contributed by atoms with Gasteiger partial charge in [0.2, 0.25) is 0 Å². The average molecular weight is 264 g/mol. The van der Waals surface area contributed by atoms with Gasteiger partial charge in [-0.3, -0.25) is 0 Å². The molecule has 0 atom stereocenters. The molecule has 0 aliphatic carbocycles. The molecule has 4 nitrogen and oxygen atoms in total. The molecular weight excluding hydrogens is 244 g/mol. The van der Waals surface area contributed by atoms with Gasteiger partial charge in [0.25, 0.3) is 0 Å². The summed E-state index contributed by atoms with van der Waals surface area (Å²) < 4.78 is 15.4. The molecule has 4 heteroatoms. The lowest BCUT2D eigenvalue weighted by Gasteiger charge is -2.16. The van der Waals surface area contributed by atoms with Gasteiger partial charge in [0.1, 0.15) is 17.1 Å². The van der Waals surface area contributed by atoms with Crippen molar-refractivity contribution < 1.29 is 19.0 Å². The first-order valence-corrected chi connectivity index (χ1v) is 6.01. The lowest BCUT2D eigenvalue weighted by molar-refractivity contribution is 0.0597. The molecule has 0 unspecified atom stereocenters. The van der Waals surface area contributed by atoms with Gasteiger partial charge in [0, 0.05) is 5.56 Å². The standard InChI is InChI=1S/C15H20O4/c1-10(2)6-7-11-13(17-3)9-8-12(14(11)18-4)15(16)19-5/h8-9H,1,6-7H2,2-5H3. The van der Waals surface area contributed by atoms with E-state index in [-0.39, 0.29) is 0 Å². The van der Waals surface area contributed by atoms with Gasteiger partial charge in [-0.2, -0.15) is 0 Å². The van der Waals surface area contributed by atoms with E-state index in [9.17, 15) is 4.79 Å². The number of esters is 1. The van der Waals surface area contributed by atoms with Gasteiger partial charge in [-0.25, -0.2) is 4.79 Å². The highest BCUT2D eigenvalue weighted by atomic mass is 16.5. The molecule has 0 heterocycles. The molecule has 0 fully saturated rings. The van der Waals surface area contributed by atoms with Crippen LogP contribution >= 0.6 is 0 Å². The van der Waals surface area contributed by atoms with Crippen LogP contribution in [-0.2, 0) is 11.2 Å². The van der Waals surface area contributed by atoms with Crippen molar-refractivity contribution in [3.63, 3.8) is 0 Å². The molecule has 0 aliphatic heterocycles. The van der Waals surface area contributed by atoms with Crippen LogP contribution in [0.1, 0.15) is 29.3 Å². The predicted molar refractivity (Wildman–Crippen MR) is 74.0 cm³/mol. The van der Waals surface area contributed by atoms with Crippen molar-refractivity contribution in [1.29, 1.82) is 0 Å². The summed E-state index contributed by atoms with van der Waals surface area (Å²) >= 11 is 0. The molecule has 1 aromatic rings. The first-order chi connectivity index (χ1) is 9.04. The van der Waals surface area contributed by atoms with Crippen LogP contribution in [0.4, 0.5) is 0 Å². The molecule has 0 saturated heterocycles. The van der Waals surface area contributed by atoms with Crippen LogP contribution in [0.25, 0.3) is 0 Å². The fourth-order valence-corrected chi connectivity index (χ4v) is 1.88. The highest BCUT2D eigenvalue weighted by molar-refractivity contribution is 5.93. The third kappa shape index (κ3) is 3.50.